The molecule has 2 heterocycles. The summed E-state index contributed by atoms with van der Waals surface area (Å²) in [7, 11) is 2.55. The fourth-order valence-corrected chi connectivity index (χ4v) is 6.88. The van der Waals surface area contributed by atoms with Crippen LogP contribution >= 0.6 is 0 Å². The lowest BCUT2D eigenvalue weighted by atomic mass is 9.65. The lowest BCUT2D eigenvalue weighted by Crippen LogP contribution is -2.42. The van der Waals surface area contributed by atoms with Crippen molar-refractivity contribution in [3.8, 4) is 23.7 Å². The summed E-state index contributed by atoms with van der Waals surface area (Å²) in [6, 6.07) is 7.01. The van der Waals surface area contributed by atoms with Crippen LogP contribution in [-0.4, -0.2) is 92.5 Å². The van der Waals surface area contributed by atoms with Crippen LogP contribution in [-0.2, 0) is 46.3 Å². The van der Waals surface area contributed by atoms with E-state index < -0.39 is 36.2 Å². The van der Waals surface area contributed by atoms with Crippen LogP contribution in [0.3, 0.4) is 0 Å². The molecule has 2 aliphatic rings. The molecule has 1 aromatic heterocycles. The predicted molar refractivity (Wildman–Crippen MR) is 215 cm³/mol. The summed E-state index contributed by atoms with van der Waals surface area (Å²) in [6.07, 6.45) is 8.29. The number of methoxy groups -OCH3 is 2. The molecule has 5 atom stereocenters. The lowest BCUT2D eigenvalue weighted by molar-refractivity contribution is -0.150. The van der Waals surface area contributed by atoms with Crippen molar-refractivity contribution in [2.75, 3.05) is 46.3 Å². The Kier molecular flexibility index (Phi) is 17.2. The smallest absolute Gasteiger partial charge is 0.408 e. The second kappa shape index (κ2) is 22.4. The van der Waals surface area contributed by atoms with E-state index in [2.05, 4.69) is 58.4 Å². The zero-order valence-corrected chi connectivity index (χ0v) is 33.4. The fraction of sp³-hybridized carbons (Fsp3) is 0.442. The predicted octanol–water partition coefficient (Wildman–Crippen LogP) is 3.39. The van der Waals surface area contributed by atoms with E-state index in [1.54, 1.807) is 30.3 Å². The number of hydrogen-bond acceptors (Lipinski definition) is 12. The lowest BCUT2D eigenvalue weighted by Gasteiger charge is -2.40. The van der Waals surface area contributed by atoms with Crippen molar-refractivity contribution in [1.82, 2.24) is 20.5 Å². The molecule has 3 amide bonds. The zero-order chi connectivity index (χ0) is 42.0. The van der Waals surface area contributed by atoms with Gasteiger partial charge in [-0.1, -0.05) is 54.4 Å². The van der Waals surface area contributed by atoms with Crippen LogP contribution in [0.1, 0.15) is 61.8 Å². The van der Waals surface area contributed by atoms with Gasteiger partial charge in [0.15, 0.2) is 13.2 Å². The number of nitrogens with one attached hydrogen (secondary N) is 2. The number of pyridine rings is 1. The third kappa shape index (κ3) is 13.7. The van der Waals surface area contributed by atoms with Crippen molar-refractivity contribution < 1.29 is 42.9 Å². The summed E-state index contributed by atoms with van der Waals surface area (Å²) in [5, 5.41) is 5.33. The van der Waals surface area contributed by atoms with Crippen LogP contribution < -0.4 is 22.1 Å². The van der Waals surface area contributed by atoms with E-state index in [0.717, 1.165) is 17.6 Å². The van der Waals surface area contributed by atoms with E-state index in [1.807, 2.05) is 13.0 Å². The molecule has 2 aromatic rings. The van der Waals surface area contributed by atoms with Crippen molar-refractivity contribution >= 4 is 35.9 Å². The Morgan fingerprint density at radius 3 is 2.28 bits per heavy atom. The number of hydrogen-bond donors (Lipinski definition) is 4. The minimum absolute atomic E-state index is 0.0333. The highest BCUT2D eigenvalue weighted by Gasteiger charge is 2.41. The second-order valence-corrected chi connectivity index (χ2v) is 14.0. The van der Waals surface area contributed by atoms with E-state index >= 15 is 0 Å². The van der Waals surface area contributed by atoms with Crippen molar-refractivity contribution in [1.29, 1.82) is 0 Å². The van der Waals surface area contributed by atoms with Gasteiger partial charge in [-0.05, 0) is 85.5 Å². The van der Waals surface area contributed by atoms with Crippen LogP contribution in [0.4, 0.5) is 15.4 Å². The fourth-order valence-electron chi connectivity index (χ4n) is 6.88. The quantitative estimate of drug-likeness (QED) is 0.0938. The summed E-state index contributed by atoms with van der Waals surface area (Å²) in [6.45, 7) is 4.64. The third-order valence-corrected chi connectivity index (χ3v) is 9.99. The zero-order valence-electron chi connectivity index (χ0n) is 33.4. The van der Waals surface area contributed by atoms with E-state index in [9.17, 15) is 24.0 Å². The van der Waals surface area contributed by atoms with Gasteiger partial charge in [0.1, 0.15) is 11.9 Å². The molecule has 6 N–H and O–H groups in total. The average molecular weight is 797 g/mol. The Morgan fingerprint density at radius 2 is 1.66 bits per heavy atom. The summed E-state index contributed by atoms with van der Waals surface area (Å²) < 4.78 is 20.2. The van der Waals surface area contributed by atoms with E-state index in [4.69, 9.17) is 30.4 Å². The number of rotatable bonds is 14. The summed E-state index contributed by atoms with van der Waals surface area (Å²) in [5.74, 6) is 11.9. The minimum atomic E-state index is -0.843. The van der Waals surface area contributed by atoms with Gasteiger partial charge in [-0.2, -0.15) is 0 Å². The van der Waals surface area contributed by atoms with Gasteiger partial charge in [0.2, 0.25) is 5.91 Å². The Bertz CT molecular complexity index is 1990. The van der Waals surface area contributed by atoms with Gasteiger partial charge < -0.3 is 45.9 Å². The van der Waals surface area contributed by atoms with Gasteiger partial charge in [-0.25, -0.2) is 19.4 Å². The number of carbonyl (C=O) groups excluding carboxylic acids is 5. The second-order valence-electron chi connectivity index (χ2n) is 14.0. The highest BCUT2D eigenvalue weighted by atomic mass is 16.6. The SMILES string of the molecule is C/C=C(\C=C/C1C(C)CC1CN)CCC(=O)N1CC(NC(=O)OCC#Cc2cc(C#CCOC(=O)NCc3ccnc(N)c3)cc(CC(=O)OC)c2)CC1C(=O)OC. The number of aromatic nitrogens is 1. The Labute approximate surface area is 339 Å². The number of anilines is 1. The van der Waals surface area contributed by atoms with Crippen LogP contribution in [0.5, 0.6) is 0 Å². The molecule has 1 aliphatic heterocycles. The maximum absolute atomic E-state index is 13.4. The van der Waals surface area contributed by atoms with Crippen molar-refractivity contribution in [2.24, 2.45) is 23.5 Å². The molecule has 1 aliphatic carbocycles. The summed E-state index contributed by atoms with van der Waals surface area (Å²) in [4.78, 5) is 68.2. The Hall–Kier alpha value is -6.32. The van der Waals surface area contributed by atoms with Crippen LogP contribution in [0, 0.1) is 41.4 Å². The Balaban J connectivity index is 1.29. The Morgan fingerprint density at radius 1 is 0.948 bits per heavy atom. The first-order valence-corrected chi connectivity index (χ1v) is 19.1. The number of benzene rings is 1. The number of nitrogens with two attached hydrogens (primary N) is 2. The molecule has 1 saturated heterocycles. The standard InChI is InChI=1S/C43H52N6O9/c1-5-29(10-12-36-28(2)18-34(36)25-44)11-13-39(50)49-27-35(24-37(49)41(52)56-4)48-43(54)58-17-7-9-31-19-30(20-33(21-31)23-40(51)55-3)8-6-16-57-42(53)47-26-32-14-15-46-38(45)22-32/h5,10,12,14-15,19-22,28,34-37H,11,13,16-18,23-27,44H2,1-4H3,(H2,45,46)(H,47,53)(H,48,54)/b12-10-,29-5+. The number of amides is 3. The molecule has 1 aromatic carbocycles. The molecule has 58 heavy (non-hydrogen) atoms. The molecule has 1 saturated carbocycles. The first-order chi connectivity index (χ1) is 27.9. The molecule has 2 fully saturated rings. The number of allylic oxidation sites excluding steroid dienone is 4. The van der Waals surface area contributed by atoms with Crippen molar-refractivity contribution in [3.05, 3.63) is 82.6 Å². The topological polar surface area (TPSA) is 214 Å². The van der Waals surface area contributed by atoms with Crippen LogP contribution in [0.15, 0.2) is 60.3 Å². The van der Waals surface area contributed by atoms with E-state index in [1.165, 1.54) is 25.3 Å². The van der Waals surface area contributed by atoms with Gasteiger partial charge in [-0.3, -0.25) is 9.59 Å². The number of likely N-dealkylation sites (tertiary alicyclic amines) is 1. The van der Waals surface area contributed by atoms with Crippen molar-refractivity contribution in [3.63, 3.8) is 0 Å². The van der Waals surface area contributed by atoms with Gasteiger partial charge in [0, 0.05) is 43.3 Å². The number of ether oxygens (including phenoxy) is 4. The number of alkyl carbamates (subject to hydrolysis) is 2. The van der Waals surface area contributed by atoms with Crippen LogP contribution in [0.25, 0.3) is 0 Å². The number of nitrogens with zero attached hydrogens (tertiary/aromatic N) is 2. The number of carbonyl (C=O) groups is 5. The maximum Gasteiger partial charge on any atom is 0.408 e. The molecular formula is C43H52N6O9. The average Bonchev–Trinajstić information content (AvgIpc) is 3.63. The molecule has 15 heteroatoms. The number of nitrogen functional groups attached to an aromatic ring is 1. The molecule has 5 unspecified atom stereocenters. The molecule has 0 bridgehead atoms. The molecule has 0 radical (unpaired) electrons. The highest BCUT2D eigenvalue weighted by molar-refractivity contribution is 5.86. The first-order valence-electron chi connectivity index (χ1n) is 19.1. The first kappa shape index (κ1) is 44.4. The maximum atomic E-state index is 13.4. The van der Waals surface area contributed by atoms with Gasteiger partial charge in [0.05, 0.1) is 26.7 Å². The summed E-state index contributed by atoms with van der Waals surface area (Å²) in [5.41, 5.74) is 14.9. The van der Waals surface area contributed by atoms with Crippen molar-refractivity contribution in [2.45, 2.75) is 64.6 Å². The molecule has 4 rings (SSSR count). The van der Waals surface area contributed by atoms with Crippen LogP contribution in [0.2, 0.25) is 0 Å². The normalized spacial score (nSPS) is 19.7. The van der Waals surface area contributed by atoms with E-state index in [-0.39, 0.29) is 51.5 Å². The van der Waals surface area contributed by atoms with Gasteiger partial charge in [-0.15, -0.1) is 0 Å². The monoisotopic (exact) mass is 796 g/mol. The molecule has 308 valence electrons. The highest BCUT2D eigenvalue weighted by Crippen LogP contribution is 2.40. The number of esters is 2. The molecule has 15 nitrogen and oxygen atoms in total. The third-order valence-electron chi connectivity index (χ3n) is 9.99. The molecular weight excluding hydrogens is 745 g/mol. The largest absolute Gasteiger partial charge is 0.469 e. The van der Waals surface area contributed by atoms with Gasteiger partial charge in [0.25, 0.3) is 0 Å². The summed E-state index contributed by atoms with van der Waals surface area (Å²) >= 11 is 0. The minimum Gasteiger partial charge on any atom is -0.469 e. The van der Waals surface area contributed by atoms with Gasteiger partial charge >= 0.3 is 24.1 Å². The van der Waals surface area contributed by atoms with E-state index in [0.29, 0.717) is 53.2 Å². The molecule has 0 spiro atoms.